The van der Waals surface area contributed by atoms with Gasteiger partial charge in [0.15, 0.2) is 0 Å². The largest absolute Gasteiger partial charge is 0.494 e. The van der Waals surface area contributed by atoms with Crippen molar-refractivity contribution in [2.24, 2.45) is 7.05 Å². The molecule has 1 aliphatic rings. The average Bonchev–Trinajstić information content (AvgIpc) is 3.48. The molecule has 2 atom stereocenters. The third kappa shape index (κ3) is 5.61. The highest BCUT2D eigenvalue weighted by atomic mass is 32.1. The van der Waals surface area contributed by atoms with Gasteiger partial charge in [-0.15, -0.1) is 0 Å². The number of carbonyl (C=O) groups is 2. The lowest BCUT2D eigenvalue weighted by molar-refractivity contribution is 0.00567. The lowest BCUT2D eigenvalue weighted by atomic mass is 10.1. The predicted octanol–water partition coefficient (Wildman–Crippen LogP) is 5.29. The number of thiazole rings is 1. The van der Waals surface area contributed by atoms with Gasteiger partial charge in [-0.3, -0.25) is 14.4 Å². The molecular formula is C29H36N6O5S. The summed E-state index contributed by atoms with van der Waals surface area (Å²) in [6, 6.07) is 7.19. The SMILES string of the molecule is COc1nc2c(C(=O)Nc3cc(OC)c4nn(C)cc4c3)ccc(N3C[C@H](C)N(C(=O)OC(C)(C)C)[C@@H](C)C3)c2s1. The summed E-state index contributed by atoms with van der Waals surface area (Å²) in [5.41, 5.74) is 2.68. The number of hydrogen-bond acceptors (Lipinski definition) is 9. The smallest absolute Gasteiger partial charge is 0.410 e. The number of amides is 2. The molecular weight excluding hydrogens is 544 g/mol. The Labute approximate surface area is 243 Å². The Hall–Kier alpha value is -4.06. The van der Waals surface area contributed by atoms with Crippen molar-refractivity contribution in [3.63, 3.8) is 0 Å². The number of carbonyl (C=O) groups excluding carboxylic acids is 2. The van der Waals surface area contributed by atoms with Gasteiger partial charge >= 0.3 is 6.09 Å². The highest BCUT2D eigenvalue weighted by Gasteiger charge is 2.36. The maximum Gasteiger partial charge on any atom is 0.410 e. The molecule has 0 bridgehead atoms. The van der Waals surface area contributed by atoms with Crippen LogP contribution < -0.4 is 19.7 Å². The molecule has 0 aliphatic carbocycles. The average molecular weight is 581 g/mol. The molecule has 2 aromatic carbocycles. The number of nitrogens with zero attached hydrogens (tertiary/aromatic N) is 5. The van der Waals surface area contributed by atoms with Crippen LogP contribution in [0.4, 0.5) is 16.2 Å². The van der Waals surface area contributed by atoms with Crippen molar-refractivity contribution in [2.75, 3.05) is 37.5 Å². The number of hydrogen-bond donors (Lipinski definition) is 1. The van der Waals surface area contributed by atoms with Crippen LogP contribution in [0.25, 0.3) is 21.1 Å². The van der Waals surface area contributed by atoms with Crippen molar-refractivity contribution in [3.05, 3.63) is 36.0 Å². The normalized spacial score (nSPS) is 17.7. The summed E-state index contributed by atoms with van der Waals surface area (Å²) >= 11 is 1.39. The summed E-state index contributed by atoms with van der Waals surface area (Å²) in [4.78, 5) is 35.2. The van der Waals surface area contributed by atoms with Gasteiger partial charge in [0, 0.05) is 43.5 Å². The molecule has 2 aromatic heterocycles. The molecule has 0 saturated carbocycles. The zero-order chi connectivity index (χ0) is 29.6. The van der Waals surface area contributed by atoms with Gasteiger partial charge < -0.3 is 24.4 Å². The third-order valence-electron chi connectivity index (χ3n) is 6.95. The maximum atomic E-state index is 13.6. The Balaban J connectivity index is 1.44. The van der Waals surface area contributed by atoms with Crippen molar-refractivity contribution in [1.82, 2.24) is 19.7 Å². The van der Waals surface area contributed by atoms with Crippen LogP contribution in [0.2, 0.25) is 0 Å². The zero-order valence-electron chi connectivity index (χ0n) is 24.6. The first-order chi connectivity index (χ1) is 19.4. The van der Waals surface area contributed by atoms with Crippen LogP contribution in [-0.2, 0) is 11.8 Å². The number of nitrogens with one attached hydrogen (secondary N) is 1. The molecule has 0 unspecified atom stereocenters. The van der Waals surface area contributed by atoms with Crippen LogP contribution in [0.5, 0.6) is 10.9 Å². The fourth-order valence-corrected chi connectivity index (χ4v) is 6.28. The Kier molecular flexibility index (Phi) is 7.45. The number of ether oxygens (including phenoxy) is 3. The second kappa shape index (κ2) is 10.7. The highest BCUT2D eigenvalue weighted by Crippen LogP contribution is 2.39. The summed E-state index contributed by atoms with van der Waals surface area (Å²) in [5, 5.41) is 8.75. The number of anilines is 2. The molecule has 218 valence electrons. The maximum absolute atomic E-state index is 13.6. The summed E-state index contributed by atoms with van der Waals surface area (Å²) in [6.07, 6.45) is 1.56. The first-order valence-corrected chi connectivity index (χ1v) is 14.3. The minimum atomic E-state index is -0.565. The molecule has 1 aliphatic heterocycles. The van der Waals surface area contributed by atoms with E-state index in [9.17, 15) is 9.59 Å². The van der Waals surface area contributed by atoms with Gasteiger partial charge in [-0.2, -0.15) is 5.10 Å². The second-order valence-electron chi connectivity index (χ2n) is 11.4. The van der Waals surface area contributed by atoms with Gasteiger partial charge in [0.2, 0.25) is 0 Å². The number of piperazine rings is 1. The van der Waals surface area contributed by atoms with E-state index >= 15 is 0 Å². The molecule has 11 nitrogen and oxygen atoms in total. The number of benzene rings is 2. The van der Waals surface area contributed by atoms with Crippen molar-refractivity contribution in [2.45, 2.75) is 52.3 Å². The molecule has 1 N–H and O–H groups in total. The van der Waals surface area contributed by atoms with E-state index < -0.39 is 5.60 Å². The molecule has 0 spiro atoms. The van der Waals surface area contributed by atoms with Crippen molar-refractivity contribution in [1.29, 1.82) is 0 Å². The molecule has 0 radical (unpaired) electrons. The van der Waals surface area contributed by atoms with Crippen molar-refractivity contribution in [3.8, 4) is 10.9 Å². The van der Waals surface area contributed by atoms with Gasteiger partial charge in [-0.1, -0.05) is 11.3 Å². The molecule has 41 heavy (non-hydrogen) atoms. The third-order valence-corrected chi connectivity index (χ3v) is 7.99. The fourth-order valence-electron chi connectivity index (χ4n) is 5.34. The van der Waals surface area contributed by atoms with E-state index in [1.165, 1.54) is 11.3 Å². The molecule has 1 saturated heterocycles. The van der Waals surface area contributed by atoms with Crippen LogP contribution in [0.3, 0.4) is 0 Å². The number of fused-ring (bicyclic) bond motifs is 2. The van der Waals surface area contributed by atoms with Crippen LogP contribution >= 0.6 is 11.3 Å². The zero-order valence-corrected chi connectivity index (χ0v) is 25.5. The monoisotopic (exact) mass is 580 g/mol. The van der Waals surface area contributed by atoms with Crippen LogP contribution in [-0.4, -0.2) is 76.7 Å². The topological polar surface area (TPSA) is 111 Å². The van der Waals surface area contributed by atoms with Crippen molar-refractivity contribution >= 4 is 55.8 Å². The van der Waals surface area contributed by atoms with E-state index in [1.54, 1.807) is 35.9 Å². The van der Waals surface area contributed by atoms with Gasteiger partial charge in [-0.05, 0) is 52.8 Å². The minimum absolute atomic E-state index is 0.0844. The predicted molar refractivity (Wildman–Crippen MR) is 161 cm³/mol. The highest BCUT2D eigenvalue weighted by molar-refractivity contribution is 7.21. The number of methoxy groups -OCH3 is 2. The molecule has 12 heteroatoms. The van der Waals surface area contributed by atoms with E-state index in [-0.39, 0.29) is 24.1 Å². The molecule has 1 fully saturated rings. The van der Waals surface area contributed by atoms with E-state index in [0.29, 0.717) is 40.8 Å². The lowest BCUT2D eigenvalue weighted by Gasteiger charge is -2.45. The molecule has 5 rings (SSSR count). The standard InChI is InChI=1S/C29H36N6O5S/c1-16-13-34(14-17(2)35(16)28(37)40-29(3,4)5)21-10-9-20(24-25(21)41-27(31-24)39-8)26(36)30-19-11-18-15-33(6)32-23(18)22(12-19)38-7/h9-12,15-17H,13-14H2,1-8H3,(H,30,36)/t16-,17-/m0/s1. The van der Waals surface area contributed by atoms with E-state index in [2.05, 4.69) is 20.3 Å². The van der Waals surface area contributed by atoms with Crippen LogP contribution in [0, 0.1) is 0 Å². The molecule has 3 heterocycles. The first-order valence-electron chi connectivity index (χ1n) is 13.4. The van der Waals surface area contributed by atoms with Gasteiger partial charge in [-0.25, -0.2) is 9.78 Å². The van der Waals surface area contributed by atoms with Gasteiger partial charge in [0.05, 0.1) is 42.3 Å². The summed E-state index contributed by atoms with van der Waals surface area (Å²) in [6.45, 7) is 10.9. The first kappa shape index (κ1) is 28.5. The Bertz CT molecular complexity index is 1610. The Morgan fingerprint density at radius 2 is 1.76 bits per heavy atom. The summed E-state index contributed by atoms with van der Waals surface area (Å²) in [7, 11) is 4.98. The minimum Gasteiger partial charge on any atom is -0.494 e. The molecule has 2 amide bonds. The Morgan fingerprint density at radius 3 is 2.39 bits per heavy atom. The number of aryl methyl sites for hydroxylation is 1. The van der Waals surface area contributed by atoms with Crippen LogP contribution in [0.15, 0.2) is 30.5 Å². The van der Waals surface area contributed by atoms with E-state index in [4.69, 9.17) is 14.2 Å². The van der Waals surface area contributed by atoms with Gasteiger partial charge in [0.1, 0.15) is 22.4 Å². The second-order valence-corrected chi connectivity index (χ2v) is 12.3. The van der Waals surface area contributed by atoms with Crippen molar-refractivity contribution < 1.29 is 23.8 Å². The fraction of sp³-hybridized carbons (Fsp3) is 0.448. The van der Waals surface area contributed by atoms with E-state index in [0.717, 1.165) is 21.3 Å². The lowest BCUT2D eigenvalue weighted by Crippen LogP contribution is -2.59. The van der Waals surface area contributed by atoms with Crippen LogP contribution in [0.1, 0.15) is 45.0 Å². The summed E-state index contributed by atoms with van der Waals surface area (Å²) in [5.74, 6) is 0.277. The molecule has 4 aromatic rings. The Morgan fingerprint density at radius 1 is 1.05 bits per heavy atom. The summed E-state index contributed by atoms with van der Waals surface area (Å²) < 4.78 is 19.2. The quantitative estimate of drug-likeness (QED) is 0.339. The number of rotatable bonds is 5. The van der Waals surface area contributed by atoms with Gasteiger partial charge in [0.25, 0.3) is 11.1 Å². The van der Waals surface area contributed by atoms with E-state index in [1.807, 2.05) is 60.0 Å². The number of aromatic nitrogens is 3.